The maximum absolute atomic E-state index is 9.15. The van der Waals surface area contributed by atoms with Crippen LogP contribution in [-0.4, -0.2) is 18.7 Å². The molecule has 58 valence electrons. The SMILES string of the molecule is CCC1(C)CCOB(O)C1. The van der Waals surface area contributed by atoms with Gasteiger partial charge in [0.2, 0.25) is 0 Å². The minimum absolute atomic E-state index is 0.317. The van der Waals surface area contributed by atoms with E-state index in [9.17, 15) is 0 Å². The molecule has 0 radical (unpaired) electrons. The third-order valence-electron chi connectivity index (χ3n) is 2.54. The molecule has 10 heavy (non-hydrogen) atoms. The van der Waals surface area contributed by atoms with Crippen molar-refractivity contribution < 1.29 is 9.68 Å². The van der Waals surface area contributed by atoms with Crippen LogP contribution in [0, 0.1) is 5.41 Å². The van der Waals surface area contributed by atoms with Gasteiger partial charge in [-0.25, -0.2) is 0 Å². The quantitative estimate of drug-likeness (QED) is 0.559. The first-order valence-corrected chi connectivity index (χ1v) is 3.96. The molecule has 0 amide bonds. The summed E-state index contributed by atoms with van der Waals surface area (Å²) in [6.45, 7) is 5.09. The zero-order valence-electron chi connectivity index (χ0n) is 6.76. The Labute approximate surface area is 62.7 Å². The van der Waals surface area contributed by atoms with Crippen molar-refractivity contribution >= 4 is 7.12 Å². The Morgan fingerprint density at radius 3 is 2.80 bits per heavy atom. The number of hydrogen-bond acceptors (Lipinski definition) is 2. The molecule has 1 saturated heterocycles. The normalized spacial score (nSPS) is 34.5. The van der Waals surface area contributed by atoms with E-state index in [2.05, 4.69) is 13.8 Å². The monoisotopic (exact) mass is 142 g/mol. The lowest BCUT2D eigenvalue weighted by atomic mass is 9.64. The van der Waals surface area contributed by atoms with Gasteiger partial charge in [-0.15, -0.1) is 0 Å². The van der Waals surface area contributed by atoms with Gasteiger partial charge < -0.3 is 9.68 Å². The third-order valence-corrected chi connectivity index (χ3v) is 2.54. The molecule has 0 aromatic heterocycles. The lowest BCUT2D eigenvalue weighted by Gasteiger charge is -2.33. The Balaban J connectivity index is 2.45. The molecule has 2 nitrogen and oxygen atoms in total. The van der Waals surface area contributed by atoms with E-state index >= 15 is 0 Å². The van der Waals surface area contributed by atoms with E-state index in [1.165, 1.54) is 0 Å². The van der Waals surface area contributed by atoms with Gasteiger partial charge in [0, 0.05) is 6.61 Å². The van der Waals surface area contributed by atoms with E-state index in [1.54, 1.807) is 0 Å². The first-order valence-electron chi connectivity index (χ1n) is 3.96. The molecule has 0 saturated carbocycles. The molecule has 1 heterocycles. The lowest BCUT2D eigenvalue weighted by molar-refractivity contribution is 0.145. The van der Waals surface area contributed by atoms with E-state index in [-0.39, 0.29) is 0 Å². The molecule has 0 aromatic carbocycles. The van der Waals surface area contributed by atoms with Crippen LogP contribution in [0.1, 0.15) is 26.7 Å². The Morgan fingerprint density at radius 2 is 2.40 bits per heavy atom. The van der Waals surface area contributed by atoms with E-state index in [0.29, 0.717) is 12.0 Å². The summed E-state index contributed by atoms with van der Waals surface area (Å²) >= 11 is 0. The van der Waals surface area contributed by atoms with Gasteiger partial charge in [0.25, 0.3) is 0 Å². The van der Waals surface area contributed by atoms with Crippen LogP contribution < -0.4 is 0 Å². The largest absolute Gasteiger partial charge is 0.454 e. The van der Waals surface area contributed by atoms with Crippen molar-refractivity contribution in [2.24, 2.45) is 5.41 Å². The third kappa shape index (κ3) is 1.73. The van der Waals surface area contributed by atoms with Crippen molar-refractivity contribution in [1.29, 1.82) is 0 Å². The Bertz CT molecular complexity index is 118. The van der Waals surface area contributed by atoms with Crippen LogP contribution in [0.5, 0.6) is 0 Å². The van der Waals surface area contributed by atoms with E-state index in [4.69, 9.17) is 9.68 Å². The van der Waals surface area contributed by atoms with Crippen LogP contribution >= 0.6 is 0 Å². The zero-order valence-corrected chi connectivity index (χ0v) is 6.76. The molecule has 1 aliphatic heterocycles. The smallest absolute Gasteiger partial charge is 0.427 e. The van der Waals surface area contributed by atoms with Gasteiger partial charge >= 0.3 is 7.12 Å². The summed E-state index contributed by atoms with van der Waals surface area (Å²) in [6, 6.07) is 0. The Kier molecular flexibility index (Phi) is 2.37. The highest BCUT2D eigenvalue weighted by molar-refractivity contribution is 6.43. The molecular weight excluding hydrogens is 127 g/mol. The highest BCUT2D eigenvalue weighted by Crippen LogP contribution is 2.34. The number of rotatable bonds is 1. The van der Waals surface area contributed by atoms with Gasteiger partial charge in [0.05, 0.1) is 0 Å². The molecule has 1 N–H and O–H groups in total. The summed E-state index contributed by atoms with van der Waals surface area (Å²) in [7, 11) is -0.515. The van der Waals surface area contributed by atoms with Gasteiger partial charge in [0.15, 0.2) is 0 Å². The molecule has 1 unspecified atom stereocenters. The highest BCUT2D eigenvalue weighted by atomic mass is 16.5. The Morgan fingerprint density at radius 1 is 1.70 bits per heavy atom. The van der Waals surface area contributed by atoms with Crippen molar-refractivity contribution in [2.45, 2.75) is 33.0 Å². The van der Waals surface area contributed by atoms with Crippen LogP contribution in [0.2, 0.25) is 6.32 Å². The van der Waals surface area contributed by atoms with Crippen LogP contribution in [0.3, 0.4) is 0 Å². The van der Waals surface area contributed by atoms with Crippen LogP contribution in [0.15, 0.2) is 0 Å². The van der Waals surface area contributed by atoms with E-state index in [0.717, 1.165) is 19.2 Å². The molecule has 1 fully saturated rings. The summed E-state index contributed by atoms with van der Waals surface area (Å²) in [4.78, 5) is 0. The van der Waals surface area contributed by atoms with Crippen molar-refractivity contribution in [3.8, 4) is 0 Å². The lowest BCUT2D eigenvalue weighted by Crippen LogP contribution is -2.35. The predicted octanol–water partition coefficient (Wildman–Crippen LogP) is 1.30. The van der Waals surface area contributed by atoms with E-state index < -0.39 is 7.12 Å². The maximum Gasteiger partial charge on any atom is 0.454 e. The van der Waals surface area contributed by atoms with Gasteiger partial charge in [0.1, 0.15) is 0 Å². The van der Waals surface area contributed by atoms with Gasteiger partial charge in [-0.05, 0) is 18.2 Å². The second kappa shape index (κ2) is 2.93. The predicted molar refractivity (Wildman–Crippen MR) is 41.7 cm³/mol. The first-order chi connectivity index (χ1) is 4.66. The molecule has 3 heteroatoms. The average Bonchev–Trinajstić information content (AvgIpc) is 1.88. The molecule has 1 aliphatic rings. The molecule has 1 atom stereocenters. The minimum atomic E-state index is -0.515. The molecule has 0 aromatic rings. The van der Waals surface area contributed by atoms with Gasteiger partial charge in [-0.1, -0.05) is 20.3 Å². The second-order valence-electron chi connectivity index (χ2n) is 3.44. The first kappa shape index (κ1) is 8.09. The summed E-state index contributed by atoms with van der Waals surface area (Å²) in [6.07, 6.45) is 3.01. The van der Waals surface area contributed by atoms with Crippen LogP contribution in [-0.2, 0) is 4.65 Å². The summed E-state index contributed by atoms with van der Waals surface area (Å²) < 4.78 is 5.03. The zero-order chi connectivity index (χ0) is 7.61. The van der Waals surface area contributed by atoms with Gasteiger partial charge in [-0.3, -0.25) is 0 Å². The summed E-state index contributed by atoms with van der Waals surface area (Å²) in [5, 5.41) is 9.15. The Hall–Kier alpha value is -0.0151. The molecule has 0 aliphatic carbocycles. The minimum Gasteiger partial charge on any atom is -0.427 e. The average molecular weight is 142 g/mol. The van der Waals surface area contributed by atoms with E-state index in [1.807, 2.05) is 0 Å². The van der Waals surface area contributed by atoms with Gasteiger partial charge in [-0.2, -0.15) is 0 Å². The summed E-state index contributed by atoms with van der Waals surface area (Å²) in [5.74, 6) is 0. The van der Waals surface area contributed by atoms with Crippen molar-refractivity contribution in [1.82, 2.24) is 0 Å². The fraction of sp³-hybridized carbons (Fsp3) is 1.00. The fourth-order valence-corrected chi connectivity index (χ4v) is 1.35. The highest BCUT2D eigenvalue weighted by Gasteiger charge is 2.33. The van der Waals surface area contributed by atoms with Crippen LogP contribution in [0.4, 0.5) is 0 Å². The topological polar surface area (TPSA) is 29.5 Å². The van der Waals surface area contributed by atoms with Crippen LogP contribution in [0.25, 0.3) is 0 Å². The molecule has 0 spiro atoms. The van der Waals surface area contributed by atoms with Crippen molar-refractivity contribution in [3.05, 3.63) is 0 Å². The standard InChI is InChI=1S/C7H15BO2/c1-3-7(2)4-5-10-8(9)6-7/h9H,3-6H2,1-2H3. The molecule has 1 rings (SSSR count). The van der Waals surface area contributed by atoms with Crippen molar-refractivity contribution in [2.75, 3.05) is 6.61 Å². The van der Waals surface area contributed by atoms with Crippen molar-refractivity contribution in [3.63, 3.8) is 0 Å². The summed E-state index contributed by atoms with van der Waals surface area (Å²) in [5.41, 5.74) is 0.317. The number of hydrogen-bond donors (Lipinski definition) is 1. The fourth-order valence-electron chi connectivity index (χ4n) is 1.35. The molecular formula is C7H15BO2. The second-order valence-corrected chi connectivity index (χ2v) is 3.44. The maximum atomic E-state index is 9.15. The molecule has 0 bridgehead atoms.